The standard InChI is InChI=1S/C24H30N4O.HI/c1-18(2)23(29)27-22-11-9-19(10-12-22)17-26-24(25-3)28-15-13-21(14-16-28)20-7-5-4-6-8-20;/h4-13,18H,14-17H2,1-3H3,(H,25,26)(H,27,29);1H. The molecule has 3 rings (SSSR count). The Kier molecular flexibility index (Phi) is 9.36. The van der Waals surface area contributed by atoms with Crippen LogP contribution in [0, 0.1) is 5.92 Å². The third-order valence-corrected chi connectivity index (χ3v) is 5.06. The number of amides is 1. The van der Waals surface area contributed by atoms with Gasteiger partial charge in [0, 0.05) is 38.3 Å². The van der Waals surface area contributed by atoms with Gasteiger partial charge >= 0.3 is 0 Å². The third kappa shape index (κ3) is 6.58. The van der Waals surface area contributed by atoms with E-state index < -0.39 is 0 Å². The Labute approximate surface area is 196 Å². The van der Waals surface area contributed by atoms with Gasteiger partial charge in [0.25, 0.3) is 0 Å². The summed E-state index contributed by atoms with van der Waals surface area (Å²) in [5, 5.41) is 6.36. The highest BCUT2D eigenvalue weighted by Crippen LogP contribution is 2.22. The number of nitrogens with one attached hydrogen (secondary N) is 2. The minimum atomic E-state index is -0.0272. The summed E-state index contributed by atoms with van der Waals surface area (Å²) in [5.41, 5.74) is 4.67. The van der Waals surface area contributed by atoms with Gasteiger partial charge in [0.05, 0.1) is 0 Å². The topological polar surface area (TPSA) is 56.7 Å². The molecule has 0 radical (unpaired) electrons. The van der Waals surface area contributed by atoms with E-state index in [4.69, 9.17) is 0 Å². The zero-order valence-corrected chi connectivity index (χ0v) is 20.2. The second-order valence-electron chi connectivity index (χ2n) is 7.53. The summed E-state index contributed by atoms with van der Waals surface area (Å²) in [6.45, 7) is 6.26. The number of hydrogen-bond acceptors (Lipinski definition) is 2. The summed E-state index contributed by atoms with van der Waals surface area (Å²) in [6.07, 6.45) is 3.30. The number of aliphatic imine (C=N–C) groups is 1. The van der Waals surface area contributed by atoms with Crippen molar-refractivity contribution in [1.82, 2.24) is 10.2 Å². The molecule has 6 heteroatoms. The monoisotopic (exact) mass is 518 g/mol. The van der Waals surface area contributed by atoms with Crippen molar-refractivity contribution in [2.24, 2.45) is 10.9 Å². The van der Waals surface area contributed by atoms with Crippen LogP contribution in [-0.4, -0.2) is 36.9 Å². The van der Waals surface area contributed by atoms with E-state index in [1.54, 1.807) is 0 Å². The zero-order valence-electron chi connectivity index (χ0n) is 17.9. The van der Waals surface area contributed by atoms with Crippen molar-refractivity contribution in [1.29, 1.82) is 0 Å². The normalized spacial score (nSPS) is 14.1. The van der Waals surface area contributed by atoms with Crippen LogP contribution < -0.4 is 10.6 Å². The third-order valence-electron chi connectivity index (χ3n) is 5.06. The van der Waals surface area contributed by atoms with E-state index in [1.807, 2.05) is 45.2 Å². The van der Waals surface area contributed by atoms with Crippen LogP contribution in [0.4, 0.5) is 5.69 Å². The molecule has 2 aromatic rings. The summed E-state index contributed by atoms with van der Waals surface area (Å²) in [6, 6.07) is 18.5. The molecule has 0 spiro atoms. The van der Waals surface area contributed by atoms with Gasteiger partial charge in [0.15, 0.2) is 5.96 Å². The molecule has 0 unspecified atom stereocenters. The van der Waals surface area contributed by atoms with Crippen LogP contribution in [0.5, 0.6) is 0 Å². The van der Waals surface area contributed by atoms with E-state index in [1.165, 1.54) is 11.1 Å². The minimum absolute atomic E-state index is 0. The van der Waals surface area contributed by atoms with Gasteiger partial charge in [-0.15, -0.1) is 24.0 Å². The van der Waals surface area contributed by atoms with E-state index in [9.17, 15) is 4.79 Å². The van der Waals surface area contributed by atoms with Crippen LogP contribution in [0.1, 0.15) is 31.4 Å². The number of carbonyl (C=O) groups excluding carboxylic acids is 1. The second-order valence-corrected chi connectivity index (χ2v) is 7.53. The molecule has 1 aliphatic rings. The predicted molar refractivity (Wildman–Crippen MR) is 136 cm³/mol. The fourth-order valence-corrected chi connectivity index (χ4v) is 3.28. The molecule has 2 aromatic carbocycles. The molecule has 1 aliphatic heterocycles. The van der Waals surface area contributed by atoms with Crippen molar-refractivity contribution < 1.29 is 4.79 Å². The quantitative estimate of drug-likeness (QED) is 0.341. The molecule has 1 amide bonds. The molecule has 30 heavy (non-hydrogen) atoms. The van der Waals surface area contributed by atoms with E-state index in [0.29, 0.717) is 6.54 Å². The Morgan fingerprint density at radius 3 is 2.37 bits per heavy atom. The van der Waals surface area contributed by atoms with Crippen LogP contribution in [0.25, 0.3) is 5.57 Å². The van der Waals surface area contributed by atoms with Crippen molar-refractivity contribution in [2.45, 2.75) is 26.8 Å². The number of hydrogen-bond donors (Lipinski definition) is 2. The summed E-state index contributed by atoms with van der Waals surface area (Å²) >= 11 is 0. The summed E-state index contributed by atoms with van der Waals surface area (Å²) in [5.74, 6) is 0.913. The summed E-state index contributed by atoms with van der Waals surface area (Å²) < 4.78 is 0. The Morgan fingerprint density at radius 2 is 1.80 bits per heavy atom. The van der Waals surface area contributed by atoms with Gasteiger partial charge in [-0.1, -0.05) is 62.4 Å². The summed E-state index contributed by atoms with van der Waals surface area (Å²) in [4.78, 5) is 18.5. The summed E-state index contributed by atoms with van der Waals surface area (Å²) in [7, 11) is 1.82. The van der Waals surface area contributed by atoms with Crippen LogP contribution in [0.3, 0.4) is 0 Å². The number of halogens is 1. The fraction of sp³-hybridized carbons (Fsp3) is 0.333. The molecule has 160 valence electrons. The molecule has 0 bridgehead atoms. The van der Waals surface area contributed by atoms with E-state index in [2.05, 4.69) is 56.9 Å². The highest BCUT2D eigenvalue weighted by Gasteiger charge is 2.16. The molecule has 2 N–H and O–H groups in total. The van der Waals surface area contributed by atoms with Gasteiger partial charge in [-0.25, -0.2) is 0 Å². The molecule has 0 saturated carbocycles. The lowest BCUT2D eigenvalue weighted by Crippen LogP contribution is -2.43. The first-order valence-electron chi connectivity index (χ1n) is 10.2. The van der Waals surface area contributed by atoms with E-state index in [0.717, 1.165) is 36.7 Å². The van der Waals surface area contributed by atoms with Crippen LogP contribution in [0.15, 0.2) is 65.7 Å². The maximum Gasteiger partial charge on any atom is 0.226 e. The molecule has 0 aromatic heterocycles. The lowest BCUT2D eigenvalue weighted by molar-refractivity contribution is -0.118. The molecule has 0 atom stereocenters. The number of anilines is 1. The Hall–Kier alpha value is -2.35. The Morgan fingerprint density at radius 1 is 1.10 bits per heavy atom. The van der Waals surface area contributed by atoms with E-state index >= 15 is 0 Å². The molecule has 0 aliphatic carbocycles. The zero-order chi connectivity index (χ0) is 20.6. The number of carbonyl (C=O) groups is 1. The average Bonchev–Trinajstić information content (AvgIpc) is 2.76. The van der Waals surface area contributed by atoms with Gasteiger partial charge in [0.1, 0.15) is 0 Å². The van der Waals surface area contributed by atoms with Crippen LogP contribution in [0.2, 0.25) is 0 Å². The van der Waals surface area contributed by atoms with Crippen molar-refractivity contribution in [3.05, 3.63) is 71.8 Å². The van der Waals surface area contributed by atoms with Gasteiger partial charge in [-0.05, 0) is 35.3 Å². The largest absolute Gasteiger partial charge is 0.352 e. The number of nitrogens with zero attached hydrogens (tertiary/aromatic N) is 2. The number of guanidine groups is 1. The molecule has 5 nitrogen and oxygen atoms in total. The highest BCUT2D eigenvalue weighted by molar-refractivity contribution is 14.0. The highest BCUT2D eigenvalue weighted by atomic mass is 127. The second kappa shape index (κ2) is 11.7. The first-order chi connectivity index (χ1) is 14.1. The fourth-order valence-electron chi connectivity index (χ4n) is 3.28. The molecule has 1 heterocycles. The molecule has 0 saturated heterocycles. The molecular formula is C24H31IN4O. The van der Waals surface area contributed by atoms with Crippen LogP contribution >= 0.6 is 24.0 Å². The van der Waals surface area contributed by atoms with Crippen molar-refractivity contribution in [3.63, 3.8) is 0 Å². The maximum atomic E-state index is 11.8. The lowest BCUT2D eigenvalue weighted by atomic mass is 10.00. The first-order valence-corrected chi connectivity index (χ1v) is 10.2. The molecule has 0 fully saturated rings. The first kappa shape index (κ1) is 23.9. The van der Waals surface area contributed by atoms with Gasteiger partial charge < -0.3 is 15.5 Å². The maximum absolute atomic E-state index is 11.8. The lowest BCUT2D eigenvalue weighted by Gasteiger charge is -2.29. The molecular weight excluding hydrogens is 487 g/mol. The van der Waals surface area contributed by atoms with Crippen molar-refractivity contribution >= 4 is 47.1 Å². The Balaban J connectivity index is 0.00000320. The number of rotatable bonds is 5. The average molecular weight is 518 g/mol. The van der Waals surface area contributed by atoms with E-state index in [-0.39, 0.29) is 35.8 Å². The van der Waals surface area contributed by atoms with Gasteiger partial charge in [-0.2, -0.15) is 0 Å². The smallest absolute Gasteiger partial charge is 0.226 e. The van der Waals surface area contributed by atoms with Crippen molar-refractivity contribution in [3.8, 4) is 0 Å². The van der Waals surface area contributed by atoms with Gasteiger partial charge in [0.2, 0.25) is 5.91 Å². The Bertz CT molecular complexity index is 876. The predicted octanol–water partition coefficient (Wildman–Crippen LogP) is 4.76. The minimum Gasteiger partial charge on any atom is -0.352 e. The number of benzene rings is 2. The van der Waals surface area contributed by atoms with Gasteiger partial charge in [-0.3, -0.25) is 9.79 Å². The SMILES string of the molecule is CN=C(NCc1ccc(NC(=O)C(C)C)cc1)N1CC=C(c2ccccc2)CC1.I. The van der Waals surface area contributed by atoms with Crippen LogP contribution in [-0.2, 0) is 11.3 Å². The van der Waals surface area contributed by atoms with Crippen molar-refractivity contribution in [2.75, 3.05) is 25.5 Å².